The zero-order chi connectivity index (χ0) is 14.3. The molecule has 0 aliphatic carbocycles. The number of carbonyl (C=O) groups excluding carboxylic acids is 1. The molecule has 1 fully saturated rings. The third-order valence-corrected chi connectivity index (χ3v) is 3.69. The molecule has 1 aromatic carbocycles. The first-order chi connectivity index (χ1) is 9.56. The van der Waals surface area contributed by atoms with Crippen molar-refractivity contribution in [2.24, 2.45) is 0 Å². The highest BCUT2D eigenvalue weighted by Crippen LogP contribution is 2.21. The average Bonchev–Trinajstić information content (AvgIpc) is 2.94. The minimum absolute atomic E-state index is 0.0725. The molecular formula is C14H15N3O3. The molecule has 1 atom stereocenters. The number of fused-ring (bicyclic) bond motifs is 1. The van der Waals surface area contributed by atoms with Gasteiger partial charge in [0.1, 0.15) is 11.3 Å². The summed E-state index contributed by atoms with van der Waals surface area (Å²) in [5.74, 6) is -0.146. The molecule has 6 heteroatoms. The van der Waals surface area contributed by atoms with Crippen LogP contribution in [0.3, 0.4) is 0 Å². The number of rotatable bonds is 3. The number of nitrogens with one attached hydrogen (secondary N) is 1. The van der Waals surface area contributed by atoms with Crippen LogP contribution in [0, 0.1) is 6.92 Å². The number of imidazole rings is 1. The van der Waals surface area contributed by atoms with Gasteiger partial charge in [-0.1, -0.05) is 6.07 Å². The van der Waals surface area contributed by atoms with E-state index in [0.29, 0.717) is 18.5 Å². The topological polar surface area (TPSA) is 84.2 Å². The van der Waals surface area contributed by atoms with Crippen LogP contribution in [0.25, 0.3) is 11.0 Å². The number of aryl methyl sites for hydroxylation is 1. The fraction of sp³-hybridized carbons (Fsp3) is 0.357. The number of para-hydroxylation sites is 1. The Morgan fingerprint density at radius 3 is 3.00 bits per heavy atom. The van der Waals surface area contributed by atoms with Crippen LogP contribution >= 0.6 is 0 Å². The lowest BCUT2D eigenvalue weighted by atomic mass is 10.2. The maximum Gasteiger partial charge on any atom is 0.337 e. The minimum Gasteiger partial charge on any atom is -0.478 e. The SMILES string of the molecule is Cc1nc2c(C(=O)O)cccc2n1CC1CCC(=O)N1. The van der Waals surface area contributed by atoms with E-state index in [-0.39, 0.29) is 17.5 Å². The fourth-order valence-electron chi connectivity index (χ4n) is 2.70. The molecule has 1 aromatic heterocycles. The summed E-state index contributed by atoms with van der Waals surface area (Å²) in [5, 5.41) is 12.1. The van der Waals surface area contributed by atoms with E-state index in [2.05, 4.69) is 10.3 Å². The second-order valence-corrected chi connectivity index (χ2v) is 5.05. The van der Waals surface area contributed by atoms with Crippen LogP contribution in [-0.4, -0.2) is 32.6 Å². The molecule has 1 aliphatic heterocycles. The second-order valence-electron chi connectivity index (χ2n) is 5.05. The largest absolute Gasteiger partial charge is 0.478 e. The Labute approximate surface area is 115 Å². The van der Waals surface area contributed by atoms with Gasteiger partial charge in [-0.15, -0.1) is 0 Å². The molecule has 0 bridgehead atoms. The summed E-state index contributed by atoms with van der Waals surface area (Å²) in [5.41, 5.74) is 1.50. The summed E-state index contributed by atoms with van der Waals surface area (Å²) < 4.78 is 1.97. The Morgan fingerprint density at radius 1 is 1.55 bits per heavy atom. The Morgan fingerprint density at radius 2 is 2.35 bits per heavy atom. The molecule has 1 unspecified atom stereocenters. The number of carboxylic acid groups (broad SMARTS) is 1. The number of hydrogen-bond acceptors (Lipinski definition) is 3. The number of amides is 1. The Bertz CT molecular complexity index is 705. The van der Waals surface area contributed by atoms with E-state index in [0.717, 1.165) is 17.8 Å². The zero-order valence-corrected chi connectivity index (χ0v) is 11.1. The van der Waals surface area contributed by atoms with E-state index < -0.39 is 5.97 Å². The van der Waals surface area contributed by atoms with Crippen LogP contribution in [0.1, 0.15) is 29.0 Å². The molecule has 2 aromatic rings. The van der Waals surface area contributed by atoms with E-state index in [4.69, 9.17) is 0 Å². The Balaban J connectivity index is 2.03. The first-order valence-corrected chi connectivity index (χ1v) is 6.55. The number of carbonyl (C=O) groups is 2. The first kappa shape index (κ1) is 12.7. The monoisotopic (exact) mass is 273 g/mol. The summed E-state index contributed by atoms with van der Waals surface area (Å²) in [6.45, 7) is 2.47. The number of nitrogens with zero attached hydrogens (tertiary/aromatic N) is 2. The van der Waals surface area contributed by atoms with E-state index in [9.17, 15) is 14.7 Å². The molecule has 104 valence electrons. The lowest BCUT2D eigenvalue weighted by molar-refractivity contribution is -0.119. The van der Waals surface area contributed by atoms with Crippen molar-refractivity contribution < 1.29 is 14.7 Å². The number of carboxylic acids is 1. The summed E-state index contributed by atoms with van der Waals surface area (Å²) in [7, 11) is 0. The van der Waals surface area contributed by atoms with Crippen LogP contribution in [0.5, 0.6) is 0 Å². The molecule has 6 nitrogen and oxygen atoms in total. The number of benzene rings is 1. The highest BCUT2D eigenvalue weighted by Gasteiger charge is 2.23. The van der Waals surface area contributed by atoms with E-state index in [1.165, 1.54) is 0 Å². The third kappa shape index (κ3) is 2.03. The smallest absolute Gasteiger partial charge is 0.337 e. The highest BCUT2D eigenvalue weighted by molar-refractivity contribution is 6.01. The van der Waals surface area contributed by atoms with Crippen molar-refractivity contribution in [2.45, 2.75) is 32.4 Å². The number of hydrogen-bond donors (Lipinski definition) is 2. The van der Waals surface area contributed by atoms with Gasteiger partial charge in [-0.2, -0.15) is 0 Å². The summed E-state index contributed by atoms with van der Waals surface area (Å²) in [6.07, 6.45) is 1.35. The van der Waals surface area contributed by atoms with Gasteiger partial charge in [0.05, 0.1) is 11.1 Å². The van der Waals surface area contributed by atoms with Crippen molar-refractivity contribution >= 4 is 22.9 Å². The fourth-order valence-corrected chi connectivity index (χ4v) is 2.70. The van der Waals surface area contributed by atoms with Gasteiger partial charge in [0.15, 0.2) is 0 Å². The summed E-state index contributed by atoms with van der Waals surface area (Å²) in [4.78, 5) is 26.8. The van der Waals surface area contributed by atoms with Gasteiger partial charge in [0, 0.05) is 19.0 Å². The predicted octanol–water partition coefficient (Wildman–Crippen LogP) is 1.32. The molecule has 3 rings (SSSR count). The van der Waals surface area contributed by atoms with Crippen LogP contribution in [0.2, 0.25) is 0 Å². The number of aromatic nitrogens is 2. The van der Waals surface area contributed by atoms with Crippen molar-refractivity contribution in [3.05, 3.63) is 29.6 Å². The van der Waals surface area contributed by atoms with Gasteiger partial charge in [0.25, 0.3) is 0 Å². The Hall–Kier alpha value is -2.37. The van der Waals surface area contributed by atoms with Crippen molar-refractivity contribution in [3.8, 4) is 0 Å². The normalized spacial score (nSPS) is 18.4. The molecule has 0 saturated carbocycles. The van der Waals surface area contributed by atoms with Gasteiger partial charge in [-0.05, 0) is 25.5 Å². The standard InChI is InChI=1S/C14H15N3O3/c1-8-15-13-10(14(19)20)3-2-4-11(13)17(8)7-9-5-6-12(18)16-9/h2-4,9H,5-7H2,1H3,(H,16,18)(H,19,20). The van der Waals surface area contributed by atoms with Crippen LogP contribution in [0.4, 0.5) is 0 Å². The van der Waals surface area contributed by atoms with E-state index in [1.54, 1.807) is 12.1 Å². The molecule has 20 heavy (non-hydrogen) atoms. The highest BCUT2D eigenvalue weighted by atomic mass is 16.4. The van der Waals surface area contributed by atoms with Crippen LogP contribution in [0.15, 0.2) is 18.2 Å². The minimum atomic E-state index is -0.977. The maximum atomic E-state index is 11.3. The summed E-state index contributed by atoms with van der Waals surface area (Å²) in [6, 6.07) is 5.22. The molecule has 1 aliphatic rings. The second kappa shape index (κ2) is 4.63. The van der Waals surface area contributed by atoms with Crippen molar-refractivity contribution in [1.82, 2.24) is 14.9 Å². The Kier molecular flexibility index (Phi) is 2.93. The average molecular weight is 273 g/mol. The molecule has 1 amide bonds. The quantitative estimate of drug-likeness (QED) is 0.883. The van der Waals surface area contributed by atoms with Gasteiger partial charge in [-0.3, -0.25) is 4.79 Å². The van der Waals surface area contributed by atoms with Gasteiger partial charge in [0.2, 0.25) is 5.91 Å². The van der Waals surface area contributed by atoms with Gasteiger partial charge < -0.3 is 15.0 Å². The summed E-state index contributed by atoms with van der Waals surface area (Å²) >= 11 is 0. The maximum absolute atomic E-state index is 11.3. The molecule has 0 spiro atoms. The van der Waals surface area contributed by atoms with Crippen molar-refractivity contribution in [3.63, 3.8) is 0 Å². The zero-order valence-electron chi connectivity index (χ0n) is 11.1. The van der Waals surface area contributed by atoms with Crippen LogP contribution in [-0.2, 0) is 11.3 Å². The molecular weight excluding hydrogens is 258 g/mol. The van der Waals surface area contributed by atoms with Gasteiger partial charge in [-0.25, -0.2) is 9.78 Å². The van der Waals surface area contributed by atoms with Crippen molar-refractivity contribution in [2.75, 3.05) is 0 Å². The van der Waals surface area contributed by atoms with E-state index in [1.807, 2.05) is 17.6 Å². The number of aromatic carboxylic acids is 1. The van der Waals surface area contributed by atoms with E-state index >= 15 is 0 Å². The van der Waals surface area contributed by atoms with Crippen molar-refractivity contribution in [1.29, 1.82) is 0 Å². The third-order valence-electron chi connectivity index (χ3n) is 3.69. The van der Waals surface area contributed by atoms with Crippen LogP contribution < -0.4 is 5.32 Å². The molecule has 0 radical (unpaired) electrons. The lowest BCUT2D eigenvalue weighted by Crippen LogP contribution is -2.29. The predicted molar refractivity (Wildman–Crippen MR) is 72.6 cm³/mol. The lowest BCUT2D eigenvalue weighted by Gasteiger charge is -2.13. The van der Waals surface area contributed by atoms with Gasteiger partial charge >= 0.3 is 5.97 Å². The first-order valence-electron chi connectivity index (χ1n) is 6.55. The molecule has 1 saturated heterocycles. The molecule has 2 heterocycles. The molecule has 2 N–H and O–H groups in total.